The van der Waals surface area contributed by atoms with Gasteiger partial charge in [-0.2, -0.15) is 0 Å². The van der Waals surface area contributed by atoms with Crippen LogP contribution in [-0.4, -0.2) is 32.6 Å². The van der Waals surface area contributed by atoms with Crippen LogP contribution in [0.4, 0.5) is 0 Å². The molecule has 26 heavy (non-hydrogen) atoms. The number of carbonyl (C=O) groups is 1. The molecule has 0 bridgehead atoms. The second kappa shape index (κ2) is 7.06. The summed E-state index contributed by atoms with van der Waals surface area (Å²) in [4.78, 5) is 12.2. The summed E-state index contributed by atoms with van der Waals surface area (Å²) in [6.07, 6.45) is 6.61. The number of hydrogen-bond acceptors (Lipinski definition) is 5. The van der Waals surface area contributed by atoms with E-state index in [2.05, 4.69) is 46.8 Å². The molecule has 1 aliphatic carbocycles. The van der Waals surface area contributed by atoms with Gasteiger partial charge in [-0.3, -0.25) is 9.36 Å². The summed E-state index contributed by atoms with van der Waals surface area (Å²) < 4.78 is 7.80. The molecule has 1 fully saturated rings. The fourth-order valence-electron chi connectivity index (χ4n) is 4.05. The zero-order valence-electron chi connectivity index (χ0n) is 15.4. The van der Waals surface area contributed by atoms with E-state index in [0.29, 0.717) is 0 Å². The van der Waals surface area contributed by atoms with Crippen molar-refractivity contribution in [1.82, 2.24) is 14.8 Å². The highest BCUT2D eigenvalue weighted by Crippen LogP contribution is 2.39. The Bertz CT molecular complexity index is 809. The van der Waals surface area contributed by atoms with Crippen LogP contribution in [0, 0.1) is 0 Å². The molecular formula is C20H25N3O2S. The summed E-state index contributed by atoms with van der Waals surface area (Å²) in [5.74, 6) is 1.03. The Morgan fingerprint density at radius 3 is 2.81 bits per heavy atom. The lowest BCUT2D eigenvalue weighted by Crippen LogP contribution is -2.33. The quantitative estimate of drug-likeness (QED) is 0.595. The first-order valence-electron chi connectivity index (χ1n) is 9.41. The molecule has 0 N–H and O–H groups in total. The van der Waals surface area contributed by atoms with Crippen molar-refractivity contribution in [1.29, 1.82) is 0 Å². The molecule has 1 aromatic carbocycles. The van der Waals surface area contributed by atoms with Crippen LogP contribution in [0.25, 0.3) is 11.4 Å². The predicted octanol–water partition coefficient (Wildman–Crippen LogP) is 4.20. The third-order valence-corrected chi connectivity index (χ3v) is 6.19. The molecule has 1 aromatic heterocycles. The molecule has 0 amide bonds. The Hall–Kier alpha value is -1.82. The van der Waals surface area contributed by atoms with Crippen LogP contribution in [0.2, 0.25) is 0 Å². The molecule has 1 aliphatic heterocycles. The van der Waals surface area contributed by atoms with E-state index in [-0.39, 0.29) is 23.4 Å². The van der Waals surface area contributed by atoms with Crippen molar-refractivity contribution < 1.29 is 9.53 Å². The predicted molar refractivity (Wildman–Crippen MR) is 102 cm³/mol. The van der Waals surface area contributed by atoms with Crippen LogP contribution >= 0.6 is 11.8 Å². The molecule has 1 saturated carbocycles. The van der Waals surface area contributed by atoms with E-state index >= 15 is 0 Å². The van der Waals surface area contributed by atoms with E-state index in [0.717, 1.165) is 48.6 Å². The van der Waals surface area contributed by atoms with Crippen LogP contribution < -0.4 is 0 Å². The lowest BCUT2D eigenvalue weighted by molar-refractivity contribution is -0.147. The molecule has 2 aromatic rings. The van der Waals surface area contributed by atoms with Crippen LogP contribution in [0.5, 0.6) is 0 Å². The first kappa shape index (κ1) is 17.6. The van der Waals surface area contributed by atoms with Gasteiger partial charge in [-0.1, -0.05) is 42.4 Å². The lowest BCUT2D eigenvalue weighted by Gasteiger charge is -2.34. The summed E-state index contributed by atoms with van der Waals surface area (Å²) >= 11 is 1.43. The van der Waals surface area contributed by atoms with Gasteiger partial charge < -0.3 is 4.74 Å². The second-order valence-corrected chi connectivity index (χ2v) is 8.77. The Morgan fingerprint density at radius 1 is 1.23 bits per heavy atom. The topological polar surface area (TPSA) is 57.0 Å². The first-order chi connectivity index (χ1) is 12.5. The SMILES string of the molecule is CC1(C)Cc2ccccc2-c2nnc(SCC(=O)OC3CCCCC3)n21. The highest BCUT2D eigenvalue weighted by molar-refractivity contribution is 7.99. The fourth-order valence-corrected chi connectivity index (χ4v) is 4.92. The molecule has 138 valence electrons. The highest BCUT2D eigenvalue weighted by atomic mass is 32.2. The minimum absolute atomic E-state index is 0.104. The van der Waals surface area contributed by atoms with Gasteiger partial charge in [0, 0.05) is 11.1 Å². The first-order valence-corrected chi connectivity index (χ1v) is 10.4. The molecule has 4 rings (SSSR count). The number of thioether (sulfide) groups is 1. The maximum absolute atomic E-state index is 12.2. The van der Waals surface area contributed by atoms with Crippen LogP contribution in [0.15, 0.2) is 29.4 Å². The number of aromatic nitrogens is 3. The van der Waals surface area contributed by atoms with Crippen molar-refractivity contribution in [2.24, 2.45) is 0 Å². The molecule has 0 spiro atoms. The van der Waals surface area contributed by atoms with Crippen molar-refractivity contribution in [3.63, 3.8) is 0 Å². The van der Waals surface area contributed by atoms with Gasteiger partial charge in [-0.15, -0.1) is 10.2 Å². The summed E-state index contributed by atoms with van der Waals surface area (Å²) in [6.45, 7) is 4.39. The minimum Gasteiger partial charge on any atom is -0.462 e. The zero-order chi connectivity index (χ0) is 18.1. The highest BCUT2D eigenvalue weighted by Gasteiger charge is 2.34. The lowest BCUT2D eigenvalue weighted by atomic mass is 9.87. The van der Waals surface area contributed by atoms with Crippen molar-refractivity contribution >= 4 is 17.7 Å². The molecule has 2 heterocycles. The number of ether oxygens (including phenoxy) is 1. The van der Waals surface area contributed by atoms with Gasteiger partial charge in [0.05, 0.1) is 5.75 Å². The van der Waals surface area contributed by atoms with Crippen LogP contribution in [0.3, 0.4) is 0 Å². The van der Waals surface area contributed by atoms with Gasteiger partial charge in [0.2, 0.25) is 0 Å². The molecule has 6 heteroatoms. The summed E-state index contributed by atoms with van der Waals surface area (Å²) in [5, 5.41) is 9.60. The third-order valence-electron chi connectivity index (χ3n) is 5.29. The molecule has 0 radical (unpaired) electrons. The largest absolute Gasteiger partial charge is 0.462 e. The normalized spacial score (nSPS) is 18.8. The molecule has 2 aliphatic rings. The van der Waals surface area contributed by atoms with Crippen LogP contribution in [0.1, 0.15) is 51.5 Å². The van der Waals surface area contributed by atoms with Crippen molar-refractivity contribution in [2.45, 2.75) is 69.2 Å². The van der Waals surface area contributed by atoms with E-state index in [9.17, 15) is 4.79 Å². The number of fused-ring (bicyclic) bond motifs is 3. The standard InChI is InChI=1S/C20H25N3O2S/c1-20(2)12-14-8-6-7-11-16(14)18-21-22-19(23(18)20)26-13-17(24)25-15-9-4-3-5-10-15/h6-8,11,15H,3-5,9-10,12-13H2,1-2H3. The second-order valence-electron chi connectivity index (χ2n) is 7.83. The number of benzene rings is 1. The zero-order valence-corrected chi connectivity index (χ0v) is 16.2. The summed E-state index contributed by atoms with van der Waals surface area (Å²) in [5.41, 5.74) is 2.31. The summed E-state index contributed by atoms with van der Waals surface area (Å²) in [7, 11) is 0. The van der Waals surface area contributed by atoms with E-state index in [1.807, 2.05) is 6.07 Å². The Kier molecular flexibility index (Phi) is 4.78. The Labute approximate surface area is 158 Å². The van der Waals surface area contributed by atoms with Gasteiger partial charge in [-0.05, 0) is 51.5 Å². The van der Waals surface area contributed by atoms with Crippen molar-refractivity contribution in [3.8, 4) is 11.4 Å². The molecule has 0 saturated heterocycles. The van der Waals surface area contributed by atoms with Crippen molar-refractivity contribution in [2.75, 3.05) is 5.75 Å². The minimum atomic E-state index is -0.145. The smallest absolute Gasteiger partial charge is 0.316 e. The van der Waals surface area contributed by atoms with E-state index in [1.54, 1.807) is 0 Å². The summed E-state index contributed by atoms with van der Waals surface area (Å²) in [6, 6.07) is 8.35. The average Bonchev–Trinajstić information content (AvgIpc) is 3.06. The monoisotopic (exact) mass is 371 g/mol. The van der Waals surface area contributed by atoms with Crippen LogP contribution in [-0.2, 0) is 21.5 Å². The van der Waals surface area contributed by atoms with Gasteiger partial charge in [-0.25, -0.2) is 0 Å². The van der Waals surface area contributed by atoms with Gasteiger partial charge in [0.1, 0.15) is 6.10 Å². The van der Waals surface area contributed by atoms with Gasteiger partial charge in [0.15, 0.2) is 11.0 Å². The molecule has 0 atom stereocenters. The molecular weight excluding hydrogens is 346 g/mol. The van der Waals surface area contributed by atoms with E-state index in [1.165, 1.54) is 23.7 Å². The maximum atomic E-state index is 12.2. The van der Waals surface area contributed by atoms with E-state index in [4.69, 9.17) is 4.74 Å². The number of esters is 1. The van der Waals surface area contributed by atoms with Gasteiger partial charge >= 0.3 is 5.97 Å². The molecule has 0 unspecified atom stereocenters. The maximum Gasteiger partial charge on any atom is 0.316 e. The van der Waals surface area contributed by atoms with E-state index < -0.39 is 0 Å². The molecule has 5 nitrogen and oxygen atoms in total. The fraction of sp³-hybridized carbons (Fsp3) is 0.550. The Balaban J connectivity index is 1.49. The van der Waals surface area contributed by atoms with Gasteiger partial charge in [0.25, 0.3) is 0 Å². The number of rotatable bonds is 4. The number of hydrogen-bond donors (Lipinski definition) is 0. The number of carbonyl (C=O) groups excluding carboxylic acids is 1. The Morgan fingerprint density at radius 2 is 2.00 bits per heavy atom. The van der Waals surface area contributed by atoms with Crippen molar-refractivity contribution in [3.05, 3.63) is 29.8 Å². The third kappa shape index (κ3) is 3.39. The number of nitrogens with zero attached hydrogens (tertiary/aromatic N) is 3. The average molecular weight is 372 g/mol.